The summed E-state index contributed by atoms with van der Waals surface area (Å²) in [4.78, 5) is 42.2. The number of halogens is 1. The number of carbonyl (C=O) groups excluding carboxylic acids is 3. The van der Waals surface area contributed by atoms with E-state index < -0.39 is 11.9 Å². The van der Waals surface area contributed by atoms with Gasteiger partial charge in [-0.15, -0.1) is 5.10 Å². The van der Waals surface area contributed by atoms with Gasteiger partial charge in [-0.05, 0) is 17.7 Å². The molecule has 0 radical (unpaired) electrons. The van der Waals surface area contributed by atoms with Crippen molar-refractivity contribution in [2.24, 2.45) is 0 Å². The molecule has 0 saturated heterocycles. The number of ether oxygens (including phenoxy) is 2. The molecule has 3 amide bonds. The van der Waals surface area contributed by atoms with Gasteiger partial charge in [-0.1, -0.05) is 58.4 Å². The van der Waals surface area contributed by atoms with Gasteiger partial charge in [0.2, 0.25) is 11.8 Å². The molecule has 4 aromatic rings. The van der Waals surface area contributed by atoms with Crippen LogP contribution in [0.25, 0.3) is 0 Å². The molecule has 0 fully saturated rings. The molecule has 242 valence electrons. The van der Waals surface area contributed by atoms with Gasteiger partial charge in [0.05, 0.1) is 25.0 Å². The summed E-state index contributed by atoms with van der Waals surface area (Å²) in [6.07, 6.45) is 3.65. The summed E-state index contributed by atoms with van der Waals surface area (Å²) in [5, 5.41) is 18.2. The highest BCUT2D eigenvalue weighted by atomic mass is 35.5. The summed E-state index contributed by atoms with van der Waals surface area (Å²) in [6.45, 7) is 1.59. The number of nitrogens with zero attached hydrogens (tertiary/aromatic N) is 5. The van der Waals surface area contributed by atoms with Crippen molar-refractivity contribution in [3.05, 3.63) is 88.5 Å². The van der Waals surface area contributed by atoms with Crippen LogP contribution < -0.4 is 20.1 Å². The van der Waals surface area contributed by atoms with Crippen molar-refractivity contribution in [2.45, 2.75) is 44.7 Å². The molecule has 1 aliphatic heterocycles. The summed E-state index contributed by atoms with van der Waals surface area (Å²) < 4.78 is 18.4. The first kappa shape index (κ1) is 32.5. The SMILES string of the molecule is COc1cccc2c1OCCCn1cc(nn1)CCN(C(=O)CCc1cc(Cl)no1)CCNC(=O)[C@H](Cc1ccccc1)NC2=O. The highest BCUT2D eigenvalue weighted by Crippen LogP contribution is 2.31. The predicted molar refractivity (Wildman–Crippen MR) is 168 cm³/mol. The molecular weight excluding hydrogens is 614 g/mol. The van der Waals surface area contributed by atoms with Crippen molar-refractivity contribution in [1.29, 1.82) is 0 Å². The van der Waals surface area contributed by atoms with E-state index in [0.29, 0.717) is 49.6 Å². The summed E-state index contributed by atoms with van der Waals surface area (Å²) in [7, 11) is 1.51. The molecule has 5 rings (SSSR count). The number of methoxy groups -OCH3 is 1. The molecule has 14 heteroatoms. The maximum atomic E-state index is 13.7. The van der Waals surface area contributed by atoms with Crippen LogP contribution in [0.2, 0.25) is 5.15 Å². The fourth-order valence-corrected chi connectivity index (χ4v) is 5.26. The maximum Gasteiger partial charge on any atom is 0.255 e. The highest BCUT2D eigenvalue weighted by molar-refractivity contribution is 6.29. The molecule has 1 aliphatic rings. The van der Waals surface area contributed by atoms with E-state index in [0.717, 1.165) is 11.3 Å². The topological polar surface area (TPSA) is 154 Å². The third-order valence-electron chi connectivity index (χ3n) is 7.50. The fourth-order valence-electron chi connectivity index (χ4n) is 5.10. The van der Waals surface area contributed by atoms with E-state index in [9.17, 15) is 14.4 Å². The van der Waals surface area contributed by atoms with Crippen LogP contribution in [0.1, 0.15) is 40.2 Å². The number of amides is 3. The molecule has 46 heavy (non-hydrogen) atoms. The predicted octanol–water partition coefficient (Wildman–Crippen LogP) is 2.87. The first-order valence-corrected chi connectivity index (χ1v) is 15.5. The number of hydrogen-bond donors (Lipinski definition) is 2. The first-order valence-electron chi connectivity index (χ1n) is 15.1. The molecular formula is C32H36ClN7O6. The van der Waals surface area contributed by atoms with Crippen LogP contribution in [0.15, 0.2) is 65.3 Å². The zero-order valence-corrected chi connectivity index (χ0v) is 26.2. The van der Waals surface area contributed by atoms with Crippen LogP contribution in [0, 0.1) is 0 Å². The second kappa shape index (κ2) is 15.9. The van der Waals surface area contributed by atoms with E-state index in [1.165, 1.54) is 7.11 Å². The Morgan fingerprint density at radius 1 is 1.11 bits per heavy atom. The van der Waals surface area contributed by atoms with Crippen LogP contribution in [-0.4, -0.2) is 82.2 Å². The molecule has 0 saturated carbocycles. The Kier molecular flexibility index (Phi) is 11.2. The average Bonchev–Trinajstić information content (AvgIpc) is 3.71. The van der Waals surface area contributed by atoms with Gasteiger partial charge in [-0.2, -0.15) is 0 Å². The van der Waals surface area contributed by atoms with Gasteiger partial charge < -0.3 is 29.5 Å². The second-order valence-corrected chi connectivity index (χ2v) is 11.2. The minimum atomic E-state index is -0.898. The van der Waals surface area contributed by atoms with Gasteiger partial charge in [-0.3, -0.25) is 19.1 Å². The Morgan fingerprint density at radius 2 is 1.96 bits per heavy atom. The molecule has 0 spiro atoms. The van der Waals surface area contributed by atoms with Gasteiger partial charge in [0, 0.05) is 70.5 Å². The Bertz CT molecular complexity index is 1630. The minimum absolute atomic E-state index is 0.128. The van der Waals surface area contributed by atoms with Crippen molar-refractivity contribution >= 4 is 29.3 Å². The molecule has 0 aliphatic carbocycles. The van der Waals surface area contributed by atoms with Crippen molar-refractivity contribution in [1.82, 2.24) is 35.7 Å². The normalized spacial score (nSPS) is 16.6. The maximum absolute atomic E-state index is 13.7. The van der Waals surface area contributed by atoms with E-state index in [1.807, 2.05) is 36.5 Å². The molecule has 13 nitrogen and oxygen atoms in total. The quantitative estimate of drug-likeness (QED) is 0.321. The molecule has 0 unspecified atom stereocenters. The summed E-state index contributed by atoms with van der Waals surface area (Å²) >= 11 is 5.85. The number of benzene rings is 2. The standard InChI is InChI=1S/C32H36ClN7O6/c1-44-27-10-5-9-25-30(27)45-18-6-15-40-21-23(36-38-40)13-16-39(29(41)12-11-24-20-28(33)37-46-24)17-14-34-32(43)26(35-31(25)42)19-22-7-3-2-4-8-22/h2-5,7-10,20-21,26H,6,11-19H2,1H3,(H,34,43)(H,35,42)/t26-/m0/s1. The Morgan fingerprint density at radius 3 is 2.74 bits per heavy atom. The summed E-state index contributed by atoms with van der Waals surface area (Å²) in [5.74, 6) is 0.217. The molecule has 1 atom stereocenters. The largest absolute Gasteiger partial charge is 0.493 e. The number of aryl methyl sites for hydroxylation is 2. The first-order chi connectivity index (χ1) is 22.4. The molecule has 2 aromatic carbocycles. The fraction of sp³-hybridized carbons (Fsp3) is 0.375. The molecule has 2 bridgehead atoms. The lowest BCUT2D eigenvalue weighted by Crippen LogP contribution is -2.50. The van der Waals surface area contributed by atoms with E-state index in [4.69, 9.17) is 25.6 Å². The van der Waals surface area contributed by atoms with Crippen LogP contribution in [0.4, 0.5) is 0 Å². The minimum Gasteiger partial charge on any atom is -0.493 e. The van der Waals surface area contributed by atoms with Crippen LogP contribution in [0.5, 0.6) is 11.5 Å². The van der Waals surface area contributed by atoms with Crippen LogP contribution >= 0.6 is 11.6 Å². The third-order valence-corrected chi connectivity index (χ3v) is 7.68. The smallest absolute Gasteiger partial charge is 0.255 e. The Hall–Kier alpha value is -4.91. The number of aromatic nitrogens is 4. The third kappa shape index (κ3) is 8.84. The number of nitrogens with one attached hydrogen (secondary N) is 2. The average molecular weight is 650 g/mol. The highest BCUT2D eigenvalue weighted by Gasteiger charge is 2.25. The summed E-state index contributed by atoms with van der Waals surface area (Å²) in [6, 6.07) is 15.2. The number of hydrogen-bond acceptors (Lipinski definition) is 9. The van der Waals surface area contributed by atoms with Crippen molar-refractivity contribution in [3.8, 4) is 11.5 Å². The summed E-state index contributed by atoms with van der Waals surface area (Å²) in [5.41, 5.74) is 1.85. The van der Waals surface area contributed by atoms with Gasteiger partial charge in [-0.25, -0.2) is 0 Å². The van der Waals surface area contributed by atoms with Crippen LogP contribution in [-0.2, 0) is 35.4 Å². The Labute approximate surface area is 271 Å². The lowest BCUT2D eigenvalue weighted by Gasteiger charge is -2.24. The molecule has 3 heterocycles. The molecule has 2 N–H and O–H groups in total. The van der Waals surface area contributed by atoms with E-state index in [1.54, 1.807) is 33.8 Å². The van der Waals surface area contributed by atoms with E-state index >= 15 is 0 Å². The monoisotopic (exact) mass is 649 g/mol. The van der Waals surface area contributed by atoms with Crippen molar-refractivity contribution in [3.63, 3.8) is 0 Å². The number of fused-ring (bicyclic) bond motifs is 3. The molecule has 2 aromatic heterocycles. The van der Waals surface area contributed by atoms with Gasteiger partial charge >= 0.3 is 0 Å². The van der Waals surface area contributed by atoms with Gasteiger partial charge in [0.1, 0.15) is 11.8 Å². The second-order valence-electron chi connectivity index (χ2n) is 10.8. The zero-order chi connectivity index (χ0) is 32.3. The number of carbonyl (C=O) groups is 3. The van der Waals surface area contributed by atoms with Gasteiger partial charge in [0.25, 0.3) is 5.91 Å². The zero-order valence-electron chi connectivity index (χ0n) is 25.5. The van der Waals surface area contributed by atoms with Crippen molar-refractivity contribution < 1.29 is 28.4 Å². The lowest BCUT2D eigenvalue weighted by atomic mass is 10.0. The van der Waals surface area contributed by atoms with Crippen LogP contribution in [0.3, 0.4) is 0 Å². The lowest BCUT2D eigenvalue weighted by molar-refractivity contribution is -0.131. The van der Waals surface area contributed by atoms with E-state index in [-0.39, 0.29) is 55.1 Å². The van der Waals surface area contributed by atoms with Gasteiger partial charge in [0.15, 0.2) is 16.7 Å². The van der Waals surface area contributed by atoms with Crippen molar-refractivity contribution in [2.75, 3.05) is 33.4 Å². The Balaban J connectivity index is 1.37. The van der Waals surface area contributed by atoms with E-state index in [2.05, 4.69) is 26.1 Å². The number of para-hydroxylation sites is 1. The number of rotatable bonds is 6.